The van der Waals surface area contributed by atoms with Crippen LogP contribution in [0.25, 0.3) is 0 Å². The van der Waals surface area contributed by atoms with Gasteiger partial charge in [0, 0.05) is 0 Å². The van der Waals surface area contributed by atoms with Crippen LogP contribution in [0.4, 0.5) is 0 Å². The molecule has 0 amide bonds. The summed E-state index contributed by atoms with van der Waals surface area (Å²) in [6.07, 6.45) is 10.9. The molecule has 0 aromatic carbocycles. The third kappa shape index (κ3) is 1.97. The Morgan fingerprint density at radius 2 is 1.47 bits per heavy atom. The lowest BCUT2D eigenvalue weighted by molar-refractivity contribution is 0.151. The van der Waals surface area contributed by atoms with E-state index in [4.69, 9.17) is 0 Å². The van der Waals surface area contributed by atoms with Crippen LogP contribution < -0.4 is 0 Å². The molecule has 0 bridgehead atoms. The predicted molar refractivity (Wildman–Crippen MR) is 66.8 cm³/mol. The molecule has 3 rings (SSSR count). The molecule has 0 nitrogen and oxygen atoms in total. The van der Waals surface area contributed by atoms with E-state index in [0.29, 0.717) is 0 Å². The van der Waals surface area contributed by atoms with Gasteiger partial charge in [-0.2, -0.15) is 0 Å². The van der Waals surface area contributed by atoms with Crippen LogP contribution in [0.5, 0.6) is 0 Å². The van der Waals surface area contributed by atoms with E-state index in [1.807, 2.05) is 13.8 Å². The van der Waals surface area contributed by atoms with Gasteiger partial charge in [-0.1, -0.05) is 52.9 Å². The van der Waals surface area contributed by atoms with Crippen LogP contribution in [0.15, 0.2) is 0 Å². The summed E-state index contributed by atoms with van der Waals surface area (Å²) in [4.78, 5) is 0. The summed E-state index contributed by atoms with van der Waals surface area (Å²) >= 11 is 0. The molecule has 15 heavy (non-hydrogen) atoms. The Hall–Kier alpha value is 0. The fourth-order valence-corrected chi connectivity index (χ4v) is 4.85. The van der Waals surface area contributed by atoms with Gasteiger partial charge in [0.2, 0.25) is 0 Å². The molecular formula is C15H28. The van der Waals surface area contributed by atoms with Crippen molar-refractivity contribution in [1.82, 2.24) is 0 Å². The van der Waals surface area contributed by atoms with Crippen molar-refractivity contribution in [2.24, 2.45) is 29.6 Å². The van der Waals surface area contributed by atoms with Crippen LogP contribution in [-0.2, 0) is 0 Å². The Balaban J connectivity index is 0.000000404. The van der Waals surface area contributed by atoms with Crippen LogP contribution in [-0.4, -0.2) is 0 Å². The number of rotatable bonds is 0. The summed E-state index contributed by atoms with van der Waals surface area (Å²) in [5.41, 5.74) is 0. The maximum absolute atomic E-state index is 2.53. The van der Waals surface area contributed by atoms with E-state index >= 15 is 0 Å². The highest BCUT2D eigenvalue weighted by Crippen LogP contribution is 2.56. The molecule has 3 saturated carbocycles. The quantitative estimate of drug-likeness (QED) is 0.532. The molecule has 88 valence electrons. The van der Waals surface area contributed by atoms with E-state index in [0.717, 1.165) is 23.7 Å². The number of fused-ring (bicyclic) bond motifs is 3. The van der Waals surface area contributed by atoms with Gasteiger partial charge in [0.1, 0.15) is 0 Å². The summed E-state index contributed by atoms with van der Waals surface area (Å²) in [5, 5.41) is 0. The summed E-state index contributed by atoms with van der Waals surface area (Å²) in [5.74, 6) is 5.70. The molecular weight excluding hydrogens is 180 g/mol. The Morgan fingerprint density at radius 1 is 0.800 bits per heavy atom. The molecule has 0 aromatic rings. The first-order valence-electron chi connectivity index (χ1n) is 7.36. The lowest BCUT2D eigenvalue weighted by Gasteiger charge is -2.34. The second-order valence-electron chi connectivity index (χ2n) is 5.84. The maximum Gasteiger partial charge on any atom is -0.0329 e. The maximum atomic E-state index is 2.53. The van der Waals surface area contributed by atoms with Crippen molar-refractivity contribution in [2.75, 3.05) is 0 Å². The van der Waals surface area contributed by atoms with Crippen molar-refractivity contribution in [2.45, 2.75) is 65.7 Å². The average molecular weight is 208 g/mol. The zero-order chi connectivity index (χ0) is 10.8. The van der Waals surface area contributed by atoms with Gasteiger partial charge in [-0.15, -0.1) is 0 Å². The van der Waals surface area contributed by atoms with Gasteiger partial charge in [-0.25, -0.2) is 0 Å². The third-order valence-corrected chi connectivity index (χ3v) is 5.25. The van der Waals surface area contributed by atoms with Gasteiger partial charge >= 0.3 is 0 Å². The van der Waals surface area contributed by atoms with Crippen LogP contribution in [0.1, 0.15) is 65.7 Å². The zero-order valence-corrected chi connectivity index (χ0v) is 10.8. The average Bonchev–Trinajstić information content (AvgIpc) is 2.80. The van der Waals surface area contributed by atoms with Gasteiger partial charge in [-0.3, -0.25) is 0 Å². The second kappa shape index (κ2) is 4.89. The Labute approximate surface area is 95.8 Å². The summed E-state index contributed by atoms with van der Waals surface area (Å²) in [6.45, 7) is 6.53. The first kappa shape index (κ1) is 11.5. The molecule has 0 spiro atoms. The highest BCUT2D eigenvalue weighted by molar-refractivity contribution is 4.97. The Kier molecular flexibility index (Phi) is 3.74. The van der Waals surface area contributed by atoms with Crippen LogP contribution >= 0.6 is 0 Å². The normalized spacial score (nSPS) is 47.8. The lowest BCUT2D eigenvalue weighted by atomic mass is 9.71. The van der Waals surface area contributed by atoms with Gasteiger partial charge < -0.3 is 0 Å². The van der Waals surface area contributed by atoms with Crippen molar-refractivity contribution >= 4 is 0 Å². The molecule has 3 aliphatic rings. The molecule has 0 radical (unpaired) electrons. The van der Waals surface area contributed by atoms with Crippen LogP contribution in [0.3, 0.4) is 0 Å². The highest BCUT2D eigenvalue weighted by atomic mass is 14.5. The molecule has 5 unspecified atom stereocenters. The molecule has 0 heterocycles. The monoisotopic (exact) mass is 208 g/mol. The smallest absolute Gasteiger partial charge is 0.0329 e. The minimum atomic E-state index is 1.06. The van der Waals surface area contributed by atoms with Crippen molar-refractivity contribution < 1.29 is 0 Å². The molecule has 0 aromatic heterocycles. The number of hydrogen-bond acceptors (Lipinski definition) is 0. The largest absolute Gasteiger partial charge is 0.0683 e. The first-order valence-corrected chi connectivity index (χ1v) is 7.36. The fraction of sp³-hybridized carbons (Fsp3) is 1.00. The van der Waals surface area contributed by atoms with Crippen molar-refractivity contribution in [3.05, 3.63) is 0 Å². The van der Waals surface area contributed by atoms with Crippen molar-refractivity contribution in [3.63, 3.8) is 0 Å². The summed E-state index contributed by atoms with van der Waals surface area (Å²) in [7, 11) is 0. The van der Waals surface area contributed by atoms with Crippen molar-refractivity contribution in [3.8, 4) is 0 Å². The molecule has 0 aliphatic heterocycles. The first-order chi connectivity index (χ1) is 7.36. The van der Waals surface area contributed by atoms with Crippen molar-refractivity contribution in [1.29, 1.82) is 0 Å². The minimum absolute atomic E-state index is 1.06. The molecule has 0 heteroatoms. The number of hydrogen-bond donors (Lipinski definition) is 0. The van der Waals surface area contributed by atoms with Gasteiger partial charge in [0.05, 0.1) is 0 Å². The van der Waals surface area contributed by atoms with Gasteiger partial charge in [-0.05, 0) is 42.4 Å². The Morgan fingerprint density at radius 3 is 2.27 bits per heavy atom. The van der Waals surface area contributed by atoms with Gasteiger partial charge in [0.25, 0.3) is 0 Å². The van der Waals surface area contributed by atoms with E-state index in [9.17, 15) is 0 Å². The Bertz CT molecular complexity index is 196. The molecule has 0 N–H and O–H groups in total. The molecule has 3 aliphatic carbocycles. The zero-order valence-electron chi connectivity index (χ0n) is 10.8. The predicted octanol–water partition coefficient (Wildman–Crippen LogP) is 4.89. The SMILES string of the molecule is CC.CC1CCCC2CC3CCCC3C12. The van der Waals surface area contributed by atoms with E-state index < -0.39 is 0 Å². The fourth-order valence-electron chi connectivity index (χ4n) is 4.85. The van der Waals surface area contributed by atoms with Gasteiger partial charge in [0.15, 0.2) is 0 Å². The molecule has 5 atom stereocenters. The van der Waals surface area contributed by atoms with E-state index in [-0.39, 0.29) is 0 Å². The summed E-state index contributed by atoms with van der Waals surface area (Å²) in [6, 6.07) is 0. The lowest BCUT2D eigenvalue weighted by Crippen LogP contribution is -2.26. The molecule has 0 saturated heterocycles. The van der Waals surface area contributed by atoms with E-state index in [1.165, 1.54) is 18.8 Å². The van der Waals surface area contributed by atoms with E-state index in [1.54, 1.807) is 32.1 Å². The minimum Gasteiger partial charge on any atom is -0.0683 e. The van der Waals surface area contributed by atoms with Crippen LogP contribution in [0.2, 0.25) is 0 Å². The molecule has 3 fully saturated rings. The summed E-state index contributed by atoms with van der Waals surface area (Å²) < 4.78 is 0. The topological polar surface area (TPSA) is 0 Å². The van der Waals surface area contributed by atoms with E-state index in [2.05, 4.69) is 6.92 Å². The van der Waals surface area contributed by atoms with Crippen LogP contribution in [0, 0.1) is 29.6 Å². The third-order valence-electron chi connectivity index (χ3n) is 5.25. The highest BCUT2D eigenvalue weighted by Gasteiger charge is 2.47. The second-order valence-corrected chi connectivity index (χ2v) is 5.84. The standard InChI is InChI=1S/C13H22.C2H6/c1-9-4-2-6-11-8-10-5-3-7-12(10)13(9)11;1-2/h9-13H,2-8H2,1H3;1-2H3.